The number of oxime groups is 1. The molecule has 1 fully saturated rings. The summed E-state index contributed by atoms with van der Waals surface area (Å²) in [4.78, 5) is 67.0. The normalized spacial score (nSPS) is 19.1. The van der Waals surface area contributed by atoms with Gasteiger partial charge in [-0.25, -0.2) is 14.8 Å². The van der Waals surface area contributed by atoms with E-state index < -0.39 is 47.4 Å². The van der Waals surface area contributed by atoms with Crippen molar-refractivity contribution in [3.05, 3.63) is 44.5 Å². The van der Waals surface area contributed by atoms with E-state index >= 15 is 0 Å². The van der Waals surface area contributed by atoms with E-state index in [0.717, 1.165) is 21.9 Å². The van der Waals surface area contributed by atoms with E-state index in [1.165, 1.54) is 35.1 Å². The molecule has 2 amide bonds. The molecule has 2 atom stereocenters. The van der Waals surface area contributed by atoms with E-state index in [0.29, 0.717) is 11.3 Å². The fourth-order valence-electron chi connectivity index (χ4n) is 3.73. The number of carbonyl (C=O) groups excluding carboxylic acids is 4. The average molecular weight is 621 g/mol. The topological polar surface area (TPSA) is 175 Å². The van der Waals surface area contributed by atoms with Crippen LogP contribution in [-0.2, 0) is 33.5 Å². The Morgan fingerprint density at radius 3 is 2.61 bits per heavy atom. The van der Waals surface area contributed by atoms with Crippen LogP contribution in [0.2, 0.25) is 0 Å². The quantitative estimate of drug-likeness (QED) is 0.138. The number of thioether (sulfide) groups is 1. The third-order valence-corrected chi connectivity index (χ3v) is 8.72. The number of amides is 2. The smallest absolute Gasteiger partial charge is 0.358 e. The van der Waals surface area contributed by atoms with E-state index in [9.17, 15) is 19.2 Å². The number of rotatable bonds is 9. The van der Waals surface area contributed by atoms with Gasteiger partial charge in [0.25, 0.3) is 11.8 Å². The summed E-state index contributed by atoms with van der Waals surface area (Å²) in [6.07, 6.45) is 3.55. The molecule has 4 rings (SSSR count). The molecule has 0 saturated carbocycles. The monoisotopic (exact) mass is 620 g/mol. The fourth-order valence-corrected chi connectivity index (χ4v) is 6.29. The van der Waals surface area contributed by atoms with Crippen LogP contribution in [0, 0.1) is 12.3 Å². The Balaban J connectivity index is 1.55. The molecular formula is C25H28N6O7S3. The van der Waals surface area contributed by atoms with Crippen molar-refractivity contribution >= 4 is 75.1 Å². The molecule has 2 aliphatic heterocycles. The molecule has 2 aliphatic rings. The Morgan fingerprint density at radius 1 is 1.24 bits per heavy atom. The van der Waals surface area contributed by atoms with Crippen LogP contribution in [0.3, 0.4) is 0 Å². The number of carbonyl (C=O) groups is 4. The summed E-state index contributed by atoms with van der Waals surface area (Å²) in [5, 5.41) is 7.59. The molecule has 0 spiro atoms. The standard InChI is InChI=1S/C25H28N6O7S3/c1-12-15(41-10-27-12)7-6-13-8-39-21-17(29-19(32)16(30-36-5)14-9-40-24(26)28-14)20(33)31(21)18(13)22(34)37-11-38-23(35)25(2,3)4/h6-7,9-10,17,21H,8,11H2,1-5H3,(H2,26,28)(H,29,32)/b7-6-,30-16-. The highest BCUT2D eigenvalue weighted by molar-refractivity contribution is 8.00. The lowest BCUT2D eigenvalue weighted by molar-refractivity contribution is -0.173. The van der Waals surface area contributed by atoms with Gasteiger partial charge in [-0.15, -0.1) is 34.4 Å². The van der Waals surface area contributed by atoms with Gasteiger partial charge in [-0.1, -0.05) is 11.2 Å². The summed E-state index contributed by atoms with van der Waals surface area (Å²) < 4.78 is 10.3. The summed E-state index contributed by atoms with van der Waals surface area (Å²) in [6.45, 7) is 6.27. The Kier molecular flexibility index (Phi) is 9.14. The number of ether oxygens (including phenoxy) is 2. The number of nitrogen functional groups attached to an aromatic ring is 1. The van der Waals surface area contributed by atoms with Crippen LogP contribution >= 0.6 is 34.4 Å². The SMILES string of the molecule is CO/N=C(\C(=O)NC1C(=O)N2C(C(=O)OCOC(=O)C(C)(C)C)=C(/C=C\c3scnc3C)CSC12)c1csc(N)n1. The second-order valence-corrected chi connectivity index (χ2v) is 12.7. The molecule has 0 aromatic carbocycles. The van der Waals surface area contributed by atoms with Crippen molar-refractivity contribution in [2.24, 2.45) is 10.6 Å². The number of allylic oxidation sites excluding steroid dienone is 1. The van der Waals surface area contributed by atoms with Crippen molar-refractivity contribution in [1.29, 1.82) is 0 Å². The van der Waals surface area contributed by atoms with Crippen LogP contribution in [0.4, 0.5) is 5.13 Å². The number of thiazole rings is 2. The minimum Gasteiger partial charge on any atom is -0.427 e. The number of anilines is 1. The summed E-state index contributed by atoms with van der Waals surface area (Å²) in [5.74, 6) is -2.26. The number of hydrogen-bond donors (Lipinski definition) is 2. The van der Waals surface area contributed by atoms with Gasteiger partial charge in [0, 0.05) is 16.0 Å². The van der Waals surface area contributed by atoms with Crippen molar-refractivity contribution in [3.63, 3.8) is 0 Å². The number of aromatic nitrogens is 2. The number of aryl methyl sites for hydroxylation is 1. The van der Waals surface area contributed by atoms with Crippen molar-refractivity contribution in [2.45, 2.75) is 39.1 Å². The molecule has 1 saturated heterocycles. The number of hydrogen-bond acceptors (Lipinski definition) is 14. The predicted molar refractivity (Wildman–Crippen MR) is 155 cm³/mol. The van der Waals surface area contributed by atoms with Crippen LogP contribution < -0.4 is 11.1 Å². The third-order valence-electron chi connectivity index (χ3n) is 5.85. The molecule has 2 aromatic rings. The minimum absolute atomic E-state index is 0.00697. The van der Waals surface area contributed by atoms with Gasteiger partial charge >= 0.3 is 11.9 Å². The molecule has 13 nitrogen and oxygen atoms in total. The zero-order valence-corrected chi connectivity index (χ0v) is 25.3. The first-order chi connectivity index (χ1) is 19.4. The molecule has 0 aliphatic carbocycles. The lowest BCUT2D eigenvalue weighted by Gasteiger charge is -2.49. The number of fused-ring (bicyclic) bond motifs is 1. The van der Waals surface area contributed by atoms with E-state index in [-0.39, 0.29) is 22.2 Å². The van der Waals surface area contributed by atoms with Crippen LogP contribution in [0.25, 0.3) is 6.08 Å². The highest BCUT2D eigenvalue weighted by Crippen LogP contribution is 2.41. The van der Waals surface area contributed by atoms with Crippen LogP contribution in [0.1, 0.15) is 37.0 Å². The number of esters is 2. The molecule has 218 valence electrons. The molecule has 41 heavy (non-hydrogen) atoms. The van der Waals surface area contributed by atoms with Gasteiger partial charge in [-0.05, 0) is 39.3 Å². The Labute approximate surface area is 247 Å². The average Bonchev–Trinajstić information content (AvgIpc) is 3.54. The maximum atomic E-state index is 13.3. The van der Waals surface area contributed by atoms with Gasteiger partial charge < -0.3 is 25.4 Å². The summed E-state index contributed by atoms with van der Waals surface area (Å²) >= 11 is 3.92. The lowest BCUT2D eigenvalue weighted by atomic mass is 9.98. The van der Waals surface area contributed by atoms with Gasteiger partial charge in [-0.2, -0.15) is 0 Å². The summed E-state index contributed by atoms with van der Waals surface area (Å²) in [5.41, 5.74) is 8.03. The number of nitrogens with one attached hydrogen (secondary N) is 1. The van der Waals surface area contributed by atoms with Gasteiger partial charge in [0.2, 0.25) is 6.79 Å². The summed E-state index contributed by atoms with van der Waals surface area (Å²) in [6, 6.07) is -0.957. The molecule has 16 heteroatoms. The van der Waals surface area contributed by atoms with Gasteiger partial charge in [0.1, 0.15) is 29.9 Å². The number of nitrogens with zero attached hydrogens (tertiary/aromatic N) is 4. The molecular weight excluding hydrogens is 593 g/mol. The minimum atomic E-state index is -0.957. The van der Waals surface area contributed by atoms with E-state index in [1.54, 1.807) is 37.7 Å². The first-order valence-electron chi connectivity index (χ1n) is 12.2. The lowest BCUT2D eigenvalue weighted by Crippen LogP contribution is -2.71. The van der Waals surface area contributed by atoms with E-state index in [1.807, 2.05) is 13.0 Å². The van der Waals surface area contributed by atoms with Crippen LogP contribution in [0.5, 0.6) is 0 Å². The highest BCUT2D eigenvalue weighted by atomic mass is 32.2. The fraction of sp³-hybridized carbons (Fsp3) is 0.400. The molecule has 4 heterocycles. The van der Waals surface area contributed by atoms with Gasteiger partial charge in [0.05, 0.1) is 16.6 Å². The Hall–Kier alpha value is -3.76. The number of β-lactam (4-membered cyclic amide) rings is 1. The first kappa shape index (κ1) is 30.2. The van der Waals surface area contributed by atoms with E-state index in [2.05, 4.69) is 20.4 Å². The summed E-state index contributed by atoms with van der Waals surface area (Å²) in [7, 11) is 1.28. The predicted octanol–water partition coefficient (Wildman–Crippen LogP) is 2.30. The van der Waals surface area contributed by atoms with Crippen molar-refractivity contribution in [1.82, 2.24) is 20.2 Å². The Morgan fingerprint density at radius 2 is 2.00 bits per heavy atom. The van der Waals surface area contributed by atoms with Gasteiger partial charge in [0.15, 0.2) is 10.8 Å². The molecule has 2 unspecified atom stereocenters. The molecule has 0 bridgehead atoms. The van der Waals surface area contributed by atoms with Crippen molar-refractivity contribution in [2.75, 3.05) is 25.4 Å². The second kappa shape index (κ2) is 12.4. The molecule has 2 aromatic heterocycles. The van der Waals surface area contributed by atoms with Crippen LogP contribution in [-0.4, -0.2) is 75.4 Å². The Bertz CT molecular complexity index is 1460. The maximum Gasteiger partial charge on any atom is 0.358 e. The second-order valence-electron chi connectivity index (χ2n) is 9.80. The largest absolute Gasteiger partial charge is 0.427 e. The van der Waals surface area contributed by atoms with Gasteiger partial charge in [-0.3, -0.25) is 19.3 Å². The highest BCUT2D eigenvalue weighted by Gasteiger charge is 2.54. The van der Waals surface area contributed by atoms with Crippen molar-refractivity contribution in [3.8, 4) is 0 Å². The van der Waals surface area contributed by atoms with Crippen molar-refractivity contribution < 1.29 is 33.5 Å². The first-order valence-corrected chi connectivity index (χ1v) is 15.0. The third kappa shape index (κ3) is 6.60. The van der Waals surface area contributed by atoms with E-state index in [4.69, 9.17) is 20.0 Å². The number of nitrogens with two attached hydrogens (primary N) is 1. The van der Waals surface area contributed by atoms with Crippen LogP contribution in [0.15, 0.2) is 33.4 Å². The zero-order valence-electron chi connectivity index (χ0n) is 22.8. The zero-order chi connectivity index (χ0) is 29.9. The molecule has 3 N–H and O–H groups in total. The molecule has 0 radical (unpaired) electrons. The maximum absolute atomic E-state index is 13.3.